The first-order chi connectivity index (χ1) is 6.04. The van der Waals surface area contributed by atoms with Gasteiger partial charge in [-0.2, -0.15) is 0 Å². The van der Waals surface area contributed by atoms with Crippen LogP contribution in [0.5, 0.6) is 0 Å². The van der Waals surface area contributed by atoms with E-state index in [2.05, 4.69) is 0 Å². The molecular weight excluding hydrogens is 172 g/mol. The average molecular weight is 184 g/mol. The van der Waals surface area contributed by atoms with E-state index < -0.39 is 11.0 Å². The summed E-state index contributed by atoms with van der Waals surface area (Å²) in [5.41, 5.74) is -1.08. The molecule has 0 aromatic carbocycles. The third-order valence-corrected chi connectivity index (χ3v) is 2.98. The second-order valence-corrected chi connectivity index (χ2v) is 3.87. The first kappa shape index (κ1) is 8.53. The van der Waals surface area contributed by atoms with Crippen LogP contribution in [-0.4, -0.2) is 24.1 Å². The fourth-order valence-electron chi connectivity index (χ4n) is 1.92. The number of esters is 2. The first-order valence-electron chi connectivity index (χ1n) is 4.43. The van der Waals surface area contributed by atoms with E-state index in [1.165, 1.54) is 0 Å². The molecule has 2 aliphatic rings. The third-order valence-electron chi connectivity index (χ3n) is 2.98. The van der Waals surface area contributed by atoms with Gasteiger partial charge < -0.3 is 9.47 Å². The van der Waals surface area contributed by atoms with Gasteiger partial charge in [-0.15, -0.1) is 0 Å². The smallest absolute Gasteiger partial charge is 0.316 e. The van der Waals surface area contributed by atoms with Crippen molar-refractivity contribution < 1.29 is 19.1 Å². The van der Waals surface area contributed by atoms with Crippen molar-refractivity contribution in [2.75, 3.05) is 6.61 Å². The molecule has 1 spiro atoms. The second-order valence-electron chi connectivity index (χ2n) is 3.87. The Morgan fingerprint density at radius 3 is 2.77 bits per heavy atom. The van der Waals surface area contributed by atoms with Crippen molar-refractivity contribution in [1.82, 2.24) is 0 Å². The quantitative estimate of drug-likeness (QED) is 0.591. The van der Waals surface area contributed by atoms with Gasteiger partial charge in [-0.3, -0.25) is 9.59 Å². The summed E-state index contributed by atoms with van der Waals surface area (Å²) in [6, 6.07) is 0. The second kappa shape index (κ2) is 2.25. The van der Waals surface area contributed by atoms with Crippen molar-refractivity contribution in [3.05, 3.63) is 0 Å². The summed E-state index contributed by atoms with van der Waals surface area (Å²) < 4.78 is 9.89. The van der Waals surface area contributed by atoms with Gasteiger partial charge in [0.15, 0.2) is 0 Å². The van der Waals surface area contributed by atoms with Crippen LogP contribution in [0, 0.1) is 5.41 Å². The predicted molar refractivity (Wildman–Crippen MR) is 42.8 cm³/mol. The minimum Gasteiger partial charge on any atom is -0.465 e. The Morgan fingerprint density at radius 1 is 1.69 bits per heavy atom. The van der Waals surface area contributed by atoms with Crippen molar-refractivity contribution in [2.45, 2.75) is 32.3 Å². The van der Waals surface area contributed by atoms with Crippen molar-refractivity contribution >= 4 is 11.9 Å². The van der Waals surface area contributed by atoms with E-state index in [9.17, 15) is 9.59 Å². The monoisotopic (exact) mass is 184 g/mol. The minimum absolute atomic E-state index is 0.215. The summed E-state index contributed by atoms with van der Waals surface area (Å²) in [6.07, 6.45) is 0.979. The summed E-state index contributed by atoms with van der Waals surface area (Å²) in [4.78, 5) is 22.1. The minimum atomic E-state index is -0.572. The lowest BCUT2D eigenvalue weighted by atomic mass is 9.98. The zero-order valence-corrected chi connectivity index (χ0v) is 7.75. The molecule has 0 aromatic heterocycles. The fraction of sp³-hybridized carbons (Fsp3) is 0.778. The number of hydrogen-bond acceptors (Lipinski definition) is 4. The number of ether oxygens (including phenoxy) is 2. The van der Waals surface area contributed by atoms with E-state index in [1.54, 1.807) is 13.8 Å². The molecule has 0 radical (unpaired) electrons. The molecule has 1 heterocycles. The molecule has 0 amide bonds. The van der Waals surface area contributed by atoms with E-state index in [1.807, 2.05) is 0 Å². The molecule has 0 bridgehead atoms. The molecule has 1 aliphatic carbocycles. The Labute approximate surface area is 76.2 Å². The van der Waals surface area contributed by atoms with Crippen LogP contribution in [0.15, 0.2) is 0 Å². The van der Waals surface area contributed by atoms with Gasteiger partial charge in [0, 0.05) is 6.42 Å². The van der Waals surface area contributed by atoms with Crippen LogP contribution in [0.4, 0.5) is 0 Å². The van der Waals surface area contributed by atoms with Gasteiger partial charge in [0.05, 0.1) is 13.0 Å². The van der Waals surface area contributed by atoms with Gasteiger partial charge in [0.25, 0.3) is 0 Å². The standard InChI is InChI=1S/C9H12O4/c1-3-12-7(11)8(2)5-9(8)4-6(10)13-9/h3-5H2,1-2H3/t8-,9+/m1/s1. The normalized spacial score (nSPS) is 40.9. The first-order valence-corrected chi connectivity index (χ1v) is 4.43. The van der Waals surface area contributed by atoms with Crippen molar-refractivity contribution in [3.8, 4) is 0 Å². The van der Waals surface area contributed by atoms with Crippen LogP contribution < -0.4 is 0 Å². The molecule has 4 heteroatoms. The Kier molecular flexibility index (Phi) is 1.47. The molecule has 2 rings (SSSR count). The van der Waals surface area contributed by atoms with Crippen molar-refractivity contribution in [3.63, 3.8) is 0 Å². The zero-order valence-electron chi connectivity index (χ0n) is 7.75. The van der Waals surface area contributed by atoms with Crippen molar-refractivity contribution in [1.29, 1.82) is 0 Å². The fourth-order valence-corrected chi connectivity index (χ4v) is 1.92. The highest BCUT2D eigenvalue weighted by Gasteiger charge is 2.78. The Balaban J connectivity index is 2.02. The van der Waals surface area contributed by atoms with E-state index in [4.69, 9.17) is 9.47 Å². The number of hydrogen-bond donors (Lipinski definition) is 0. The summed E-state index contributed by atoms with van der Waals surface area (Å²) in [5.74, 6) is -0.462. The molecule has 13 heavy (non-hydrogen) atoms. The van der Waals surface area contributed by atoms with E-state index >= 15 is 0 Å². The predicted octanol–water partition coefficient (Wildman–Crippen LogP) is 0.645. The molecule has 0 unspecified atom stereocenters. The third kappa shape index (κ3) is 0.913. The molecule has 1 saturated carbocycles. The zero-order chi connectivity index (χ0) is 9.69. The van der Waals surface area contributed by atoms with E-state index in [0.717, 1.165) is 0 Å². The summed E-state index contributed by atoms with van der Waals surface area (Å²) in [7, 11) is 0. The van der Waals surface area contributed by atoms with E-state index in [-0.39, 0.29) is 11.9 Å². The summed E-state index contributed by atoms with van der Waals surface area (Å²) in [5, 5.41) is 0. The van der Waals surface area contributed by atoms with Crippen LogP contribution in [-0.2, 0) is 19.1 Å². The number of rotatable bonds is 2. The molecule has 4 nitrogen and oxygen atoms in total. The van der Waals surface area contributed by atoms with Gasteiger partial charge in [-0.05, 0) is 13.8 Å². The topological polar surface area (TPSA) is 52.6 Å². The molecular formula is C9H12O4. The van der Waals surface area contributed by atoms with Gasteiger partial charge in [-0.1, -0.05) is 0 Å². The van der Waals surface area contributed by atoms with Crippen molar-refractivity contribution in [2.24, 2.45) is 5.41 Å². The molecule has 0 aromatic rings. The van der Waals surface area contributed by atoms with Crippen LogP contribution in [0.3, 0.4) is 0 Å². The van der Waals surface area contributed by atoms with E-state index in [0.29, 0.717) is 19.4 Å². The maximum absolute atomic E-state index is 11.4. The van der Waals surface area contributed by atoms with Gasteiger partial charge in [-0.25, -0.2) is 0 Å². The molecule has 1 aliphatic heterocycles. The van der Waals surface area contributed by atoms with Crippen LogP contribution in [0.25, 0.3) is 0 Å². The molecule has 72 valence electrons. The highest BCUT2D eigenvalue weighted by molar-refractivity contribution is 5.89. The van der Waals surface area contributed by atoms with Gasteiger partial charge in [0.1, 0.15) is 11.0 Å². The molecule has 2 atom stereocenters. The molecule has 0 N–H and O–H groups in total. The SMILES string of the molecule is CCOC(=O)[C@@]1(C)C[C@@]12CC(=O)O2. The van der Waals surface area contributed by atoms with Crippen LogP contribution in [0.2, 0.25) is 0 Å². The summed E-state index contributed by atoms with van der Waals surface area (Å²) >= 11 is 0. The van der Waals surface area contributed by atoms with Gasteiger partial charge in [0.2, 0.25) is 0 Å². The number of carbonyl (C=O) groups is 2. The Morgan fingerprint density at radius 2 is 2.31 bits per heavy atom. The van der Waals surface area contributed by atoms with Crippen LogP contribution >= 0.6 is 0 Å². The maximum atomic E-state index is 11.4. The van der Waals surface area contributed by atoms with Crippen LogP contribution in [0.1, 0.15) is 26.7 Å². The summed E-state index contributed by atoms with van der Waals surface area (Å²) in [6.45, 7) is 3.93. The molecule has 2 fully saturated rings. The average Bonchev–Trinajstić information content (AvgIpc) is 2.59. The lowest BCUT2D eigenvalue weighted by Gasteiger charge is -2.29. The largest absolute Gasteiger partial charge is 0.465 e. The number of carbonyl (C=O) groups excluding carboxylic acids is 2. The molecule has 1 saturated heterocycles. The Hall–Kier alpha value is -1.06. The lowest BCUT2D eigenvalue weighted by molar-refractivity contribution is -0.182. The maximum Gasteiger partial charge on any atom is 0.316 e. The van der Waals surface area contributed by atoms with Gasteiger partial charge >= 0.3 is 11.9 Å². The lowest BCUT2D eigenvalue weighted by Crippen LogP contribution is -2.42. The highest BCUT2D eigenvalue weighted by atomic mass is 16.6. The Bertz CT molecular complexity index is 275. The highest BCUT2D eigenvalue weighted by Crippen LogP contribution is 2.65.